The van der Waals surface area contributed by atoms with E-state index in [-0.39, 0.29) is 5.82 Å². The number of rotatable bonds is 6. The zero-order chi connectivity index (χ0) is 13.7. The minimum Gasteiger partial charge on any atom is -0.487 e. The lowest BCUT2D eigenvalue weighted by Gasteiger charge is -2.10. The van der Waals surface area contributed by atoms with E-state index in [1.807, 2.05) is 12.4 Å². The van der Waals surface area contributed by atoms with Gasteiger partial charge in [0.2, 0.25) is 0 Å². The number of benzene rings is 1. The molecule has 0 aliphatic heterocycles. The summed E-state index contributed by atoms with van der Waals surface area (Å²) in [4.78, 5) is 4.44. The average molecular weight is 280 g/mol. The third kappa shape index (κ3) is 3.75. The van der Waals surface area contributed by atoms with E-state index in [1.54, 1.807) is 17.4 Å². The second-order valence-electron chi connectivity index (χ2n) is 4.16. The number of thiazole rings is 1. The zero-order valence-electron chi connectivity index (χ0n) is 11.1. The van der Waals surface area contributed by atoms with Crippen molar-refractivity contribution in [1.82, 2.24) is 10.3 Å². The summed E-state index contributed by atoms with van der Waals surface area (Å²) in [5, 5.41) is 6.11. The molecule has 0 spiro atoms. The fourth-order valence-electron chi connectivity index (χ4n) is 1.75. The predicted octanol–water partition coefficient (Wildman–Crippen LogP) is 3.14. The second-order valence-corrected chi connectivity index (χ2v) is 5.10. The first-order valence-electron chi connectivity index (χ1n) is 6.22. The van der Waals surface area contributed by atoms with Crippen LogP contribution in [0.2, 0.25) is 0 Å². The van der Waals surface area contributed by atoms with Crippen LogP contribution in [-0.2, 0) is 19.6 Å². The lowest BCUT2D eigenvalue weighted by atomic mass is 10.2. The topological polar surface area (TPSA) is 34.1 Å². The van der Waals surface area contributed by atoms with E-state index in [0.717, 1.165) is 22.7 Å². The highest BCUT2D eigenvalue weighted by Crippen LogP contribution is 2.21. The lowest BCUT2D eigenvalue weighted by Crippen LogP contribution is -2.08. The smallest absolute Gasteiger partial charge is 0.131 e. The zero-order valence-corrected chi connectivity index (χ0v) is 11.9. The van der Waals surface area contributed by atoms with Crippen LogP contribution >= 0.6 is 11.3 Å². The van der Waals surface area contributed by atoms with Gasteiger partial charge in [0.15, 0.2) is 0 Å². The summed E-state index contributed by atoms with van der Waals surface area (Å²) in [6.45, 7) is 3.07. The van der Waals surface area contributed by atoms with Gasteiger partial charge in [0.25, 0.3) is 0 Å². The molecule has 0 atom stereocenters. The minimum atomic E-state index is -0.250. The van der Waals surface area contributed by atoms with E-state index in [2.05, 4.69) is 17.2 Å². The monoisotopic (exact) mass is 280 g/mol. The van der Waals surface area contributed by atoms with E-state index < -0.39 is 0 Å². The number of nitrogens with zero attached hydrogens (tertiary/aromatic N) is 1. The van der Waals surface area contributed by atoms with Crippen LogP contribution < -0.4 is 10.1 Å². The van der Waals surface area contributed by atoms with Crippen molar-refractivity contribution in [3.05, 3.63) is 45.7 Å². The molecule has 2 aromatic rings. The molecule has 0 bridgehead atoms. The molecule has 0 fully saturated rings. The number of ether oxygens (including phenoxy) is 1. The fourth-order valence-corrected chi connectivity index (χ4v) is 2.48. The van der Waals surface area contributed by atoms with Gasteiger partial charge >= 0.3 is 0 Å². The van der Waals surface area contributed by atoms with Crippen LogP contribution in [0.4, 0.5) is 4.39 Å². The van der Waals surface area contributed by atoms with Crippen LogP contribution in [0, 0.1) is 5.82 Å². The van der Waals surface area contributed by atoms with Gasteiger partial charge < -0.3 is 10.1 Å². The number of hydrogen-bond donors (Lipinski definition) is 1. The molecule has 1 N–H and O–H groups in total. The Balaban J connectivity index is 2.05. The molecule has 0 saturated carbocycles. The molecule has 102 valence electrons. The summed E-state index contributed by atoms with van der Waals surface area (Å²) in [7, 11) is 1.82. The Hall–Kier alpha value is -1.46. The molecular formula is C14H17FN2OS. The summed E-state index contributed by atoms with van der Waals surface area (Å²) in [5.41, 5.74) is 1.73. The van der Waals surface area contributed by atoms with Gasteiger partial charge in [-0.3, -0.25) is 0 Å². The fraction of sp³-hybridized carbons (Fsp3) is 0.357. The van der Waals surface area contributed by atoms with Crippen LogP contribution in [0.25, 0.3) is 0 Å². The number of nitrogens with one attached hydrogen (secondary N) is 1. The molecule has 19 heavy (non-hydrogen) atoms. The SMILES string of the molecule is CCc1nc(COc2ccc(F)cc2CNC)cs1. The number of aryl methyl sites for hydroxylation is 1. The Morgan fingerprint density at radius 2 is 2.26 bits per heavy atom. The van der Waals surface area contributed by atoms with Crippen molar-refractivity contribution in [3.8, 4) is 5.75 Å². The molecule has 2 rings (SSSR count). The van der Waals surface area contributed by atoms with Gasteiger partial charge in [-0.1, -0.05) is 6.92 Å². The minimum absolute atomic E-state index is 0.250. The van der Waals surface area contributed by atoms with E-state index in [9.17, 15) is 4.39 Å². The maximum atomic E-state index is 13.2. The second kappa shape index (κ2) is 6.63. The van der Waals surface area contributed by atoms with Gasteiger partial charge in [0.05, 0.1) is 10.7 Å². The normalized spacial score (nSPS) is 10.7. The first-order valence-corrected chi connectivity index (χ1v) is 7.10. The Kier molecular flexibility index (Phi) is 4.87. The van der Waals surface area contributed by atoms with Crippen molar-refractivity contribution in [2.24, 2.45) is 0 Å². The molecule has 0 aliphatic carbocycles. The molecule has 0 amide bonds. The van der Waals surface area contributed by atoms with Crippen LogP contribution in [0.3, 0.4) is 0 Å². The summed E-state index contributed by atoms with van der Waals surface area (Å²) >= 11 is 1.64. The van der Waals surface area contributed by atoms with Gasteiger partial charge in [-0.05, 0) is 31.7 Å². The largest absolute Gasteiger partial charge is 0.487 e. The highest BCUT2D eigenvalue weighted by Gasteiger charge is 2.07. The molecule has 0 unspecified atom stereocenters. The molecule has 3 nitrogen and oxygen atoms in total. The van der Waals surface area contributed by atoms with Crippen molar-refractivity contribution < 1.29 is 9.13 Å². The number of aromatic nitrogens is 1. The Morgan fingerprint density at radius 3 is 2.95 bits per heavy atom. The summed E-state index contributed by atoms with van der Waals surface area (Å²) in [6.07, 6.45) is 0.937. The maximum Gasteiger partial charge on any atom is 0.131 e. The first-order chi connectivity index (χ1) is 9.22. The quantitative estimate of drug-likeness (QED) is 0.882. The Morgan fingerprint density at radius 1 is 1.42 bits per heavy atom. The van der Waals surface area contributed by atoms with Crippen molar-refractivity contribution >= 4 is 11.3 Å². The molecule has 0 aliphatic rings. The molecule has 1 aromatic heterocycles. The van der Waals surface area contributed by atoms with Crippen molar-refractivity contribution in [2.75, 3.05) is 7.05 Å². The summed E-state index contributed by atoms with van der Waals surface area (Å²) < 4.78 is 18.9. The van der Waals surface area contributed by atoms with E-state index in [4.69, 9.17) is 4.74 Å². The third-order valence-corrected chi connectivity index (χ3v) is 3.71. The van der Waals surface area contributed by atoms with Crippen molar-refractivity contribution in [2.45, 2.75) is 26.5 Å². The lowest BCUT2D eigenvalue weighted by molar-refractivity contribution is 0.297. The van der Waals surface area contributed by atoms with E-state index >= 15 is 0 Å². The van der Waals surface area contributed by atoms with Crippen molar-refractivity contribution in [1.29, 1.82) is 0 Å². The average Bonchev–Trinajstić information content (AvgIpc) is 2.86. The van der Waals surface area contributed by atoms with Crippen molar-refractivity contribution in [3.63, 3.8) is 0 Å². The van der Waals surface area contributed by atoms with Crippen LogP contribution in [-0.4, -0.2) is 12.0 Å². The molecule has 5 heteroatoms. The van der Waals surface area contributed by atoms with Crippen LogP contribution in [0.15, 0.2) is 23.6 Å². The first kappa shape index (κ1) is 14.0. The Labute approximate surface area is 116 Å². The number of halogens is 1. The molecule has 1 heterocycles. The summed E-state index contributed by atoms with van der Waals surface area (Å²) in [5.74, 6) is 0.446. The molecule has 0 saturated heterocycles. The van der Waals surface area contributed by atoms with Gasteiger partial charge in [-0.25, -0.2) is 9.37 Å². The van der Waals surface area contributed by atoms with Gasteiger partial charge in [-0.2, -0.15) is 0 Å². The predicted molar refractivity (Wildman–Crippen MR) is 75.0 cm³/mol. The molecule has 1 aromatic carbocycles. The Bertz CT molecular complexity index is 542. The van der Waals surface area contributed by atoms with Gasteiger partial charge in [0.1, 0.15) is 18.2 Å². The highest BCUT2D eigenvalue weighted by atomic mass is 32.1. The van der Waals surface area contributed by atoms with Gasteiger partial charge in [-0.15, -0.1) is 11.3 Å². The standard InChI is InChI=1S/C14H17FN2OS/c1-3-14-17-12(9-19-14)8-18-13-5-4-11(15)6-10(13)7-16-2/h4-6,9,16H,3,7-8H2,1-2H3. The highest BCUT2D eigenvalue weighted by molar-refractivity contribution is 7.09. The summed E-state index contributed by atoms with van der Waals surface area (Å²) in [6, 6.07) is 4.56. The number of hydrogen-bond acceptors (Lipinski definition) is 4. The van der Waals surface area contributed by atoms with E-state index in [1.165, 1.54) is 12.1 Å². The van der Waals surface area contributed by atoms with E-state index in [0.29, 0.717) is 18.9 Å². The molecular weight excluding hydrogens is 263 g/mol. The van der Waals surface area contributed by atoms with Crippen LogP contribution in [0.1, 0.15) is 23.2 Å². The third-order valence-electron chi connectivity index (χ3n) is 2.67. The van der Waals surface area contributed by atoms with Crippen LogP contribution in [0.5, 0.6) is 5.75 Å². The van der Waals surface area contributed by atoms with Gasteiger partial charge in [0, 0.05) is 17.5 Å². The molecule has 0 radical (unpaired) electrons. The maximum absolute atomic E-state index is 13.2.